The smallest absolute Gasteiger partial charge is 0.00234 e. The molecule has 1 saturated carbocycles. The second kappa shape index (κ2) is 9.47. The van der Waals surface area contributed by atoms with Gasteiger partial charge in [0.15, 0.2) is 0 Å². The fourth-order valence-electron chi connectivity index (χ4n) is 2.35. The fraction of sp³-hybridized carbons (Fsp3) is 1.00. The molecule has 2 N–H and O–H groups in total. The lowest BCUT2D eigenvalue weighted by molar-refractivity contribution is 0.259. The fourth-order valence-corrected chi connectivity index (χ4v) is 2.35. The van der Waals surface area contributed by atoms with Crippen LogP contribution >= 0.6 is 0 Å². The third-order valence-electron chi connectivity index (χ3n) is 2.88. The van der Waals surface area contributed by atoms with Crippen molar-refractivity contribution in [3.63, 3.8) is 0 Å². The van der Waals surface area contributed by atoms with Crippen LogP contribution in [0.1, 0.15) is 39.5 Å². The van der Waals surface area contributed by atoms with Crippen LogP contribution in [0.4, 0.5) is 0 Å². The van der Waals surface area contributed by atoms with E-state index in [1.165, 1.54) is 38.8 Å². The molecule has 0 aromatic rings. The van der Waals surface area contributed by atoms with Crippen molar-refractivity contribution >= 4 is 0 Å². The van der Waals surface area contributed by atoms with E-state index >= 15 is 0 Å². The third-order valence-corrected chi connectivity index (χ3v) is 2.88. The molecule has 1 fully saturated rings. The van der Waals surface area contributed by atoms with E-state index in [1.54, 1.807) is 0 Å². The molecule has 2 heteroatoms. The summed E-state index contributed by atoms with van der Waals surface area (Å²) in [5.74, 6) is 1.86. The summed E-state index contributed by atoms with van der Waals surface area (Å²) in [7, 11) is 4.11. The minimum Gasteiger partial charge on any atom is -0.319 e. The van der Waals surface area contributed by atoms with Crippen molar-refractivity contribution in [2.75, 3.05) is 27.2 Å². The van der Waals surface area contributed by atoms with Gasteiger partial charge in [-0.3, -0.25) is 0 Å². The summed E-state index contributed by atoms with van der Waals surface area (Å²) in [6.45, 7) is 6.42. The molecule has 0 saturated heterocycles. The van der Waals surface area contributed by atoms with Gasteiger partial charge in [0.05, 0.1) is 0 Å². The molecule has 1 aliphatic rings. The summed E-state index contributed by atoms with van der Waals surface area (Å²) in [4.78, 5) is 0. The Labute approximate surface area is 89.9 Å². The molecule has 2 nitrogen and oxygen atoms in total. The molecule has 0 radical (unpaired) electrons. The van der Waals surface area contributed by atoms with Gasteiger partial charge < -0.3 is 10.6 Å². The van der Waals surface area contributed by atoms with Crippen molar-refractivity contribution in [3.05, 3.63) is 0 Å². The zero-order valence-electron chi connectivity index (χ0n) is 10.4. The van der Waals surface area contributed by atoms with E-state index in [0.29, 0.717) is 0 Å². The van der Waals surface area contributed by atoms with Gasteiger partial charge in [0.25, 0.3) is 0 Å². The number of nitrogens with one attached hydrogen (secondary N) is 2. The highest BCUT2D eigenvalue weighted by atomic mass is 14.8. The monoisotopic (exact) mass is 200 g/mol. The zero-order chi connectivity index (χ0) is 10.8. The Hall–Kier alpha value is -0.0800. The highest BCUT2D eigenvalue weighted by Crippen LogP contribution is 2.27. The average molecular weight is 200 g/mol. The lowest BCUT2D eigenvalue weighted by Crippen LogP contribution is -2.29. The summed E-state index contributed by atoms with van der Waals surface area (Å²) < 4.78 is 0. The van der Waals surface area contributed by atoms with Crippen LogP contribution < -0.4 is 10.6 Å². The molecule has 0 spiro atoms. The van der Waals surface area contributed by atoms with Crippen molar-refractivity contribution < 1.29 is 0 Å². The third kappa shape index (κ3) is 5.61. The van der Waals surface area contributed by atoms with Gasteiger partial charge in [-0.25, -0.2) is 0 Å². The maximum atomic E-state index is 3.28. The molecule has 0 bridgehead atoms. The summed E-state index contributed by atoms with van der Waals surface area (Å²) in [5.41, 5.74) is 0. The maximum Gasteiger partial charge on any atom is -0.00234 e. The Morgan fingerprint density at radius 1 is 0.929 bits per heavy atom. The van der Waals surface area contributed by atoms with Gasteiger partial charge in [-0.15, -0.1) is 0 Å². The molecule has 1 aliphatic carbocycles. The first-order chi connectivity index (χ1) is 6.86. The van der Waals surface area contributed by atoms with Crippen LogP contribution in [0.5, 0.6) is 0 Å². The zero-order valence-corrected chi connectivity index (χ0v) is 10.4. The minimum absolute atomic E-state index is 0.932. The van der Waals surface area contributed by atoms with E-state index in [0.717, 1.165) is 11.8 Å². The first-order valence-electron chi connectivity index (χ1n) is 6.16. The molecule has 0 aromatic heterocycles. The van der Waals surface area contributed by atoms with E-state index in [4.69, 9.17) is 0 Å². The predicted molar refractivity (Wildman–Crippen MR) is 64.6 cm³/mol. The van der Waals surface area contributed by atoms with Gasteiger partial charge in [0, 0.05) is 0 Å². The van der Waals surface area contributed by atoms with Crippen LogP contribution in [0.15, 0.2) is 0 Å². The van der Waals surface area contributed by atoms with Crippen molar-refractivity contribution in [3.8, 4) is 0 Å². The largest absolute Gasteiger partial charge is 0.319 e. The minimum atomic E-state index is 0.932. The Balaban J connectivity index is 0.000000791. The highest BCUT2D eigenvalue weighted by molar-refractivity contribution is 4.75. The number of hydrogen-bond acceptors (Lipinski definition) is 2. The molecule has 86 valence electrons. The summed E-state index contributed by atoms with van der Waals surface area (Å²) in [6, 6.07) is 0. The topological polar surface area (TPSA) is 24.1 Å². The van der Waals surface area contributed by atoms with Crippen molar-refractivity contribution in [2.24, 2.45) is 11.8 Å². The Morgan fingerprint density at radius 3 is 1.71 bits per heavy atom. The number of rotatable bonds is 4. The highest BCUT2D eigenvalue weighted by Gasteiger charge is 2.20. The SMILES string of the molecule is CC.CNCC1CCCC(CNC)C1. The van der Waals surface area contributed by atoms with Crippen LogP contribution in [-0.4, -0.2) is 27.2 Å². The van der Waals surface area contributed by atoms with E-state index in [9.17, 15) is 0 Å². The molecule has 0 amide bonds. The van der Waals surface area contributed by atoms with E-state index < -0.39 is 0 Å². The molecular weight excluding hydrogens is 172 g/mol. The van der Waals surface area contributed by atoms with Crippen molar-refractivity contribution in [2.45, 2.75) is 39.5 Å². The average Bonchev–Trinajstić information content (AvgIpc) is 2.22. The van der Waals surface area contributed by atoms with Crippen LogP contribution in [0, 0.1) is 11.8 Å². The maximum absolute atomic E-state index is 3.28. The lowest BCUT2D eigenvalue weighted by atomic mass is 9.81. The molecule has 0 heterocycles. The first kappa shape index (κ1) is 13.9. The molecular formula is C12H28N2. The van der Waals surface area contributed by atoms with Gasteiger partial charge in [-0.2, -0.15) is 0 Å². The van der Waals surface area contributed by atoms with Crippen LogP contribution in [0.25, 0.3) is 0 Å². The van der Waals surface area contributed by atoms with Crippen molar-refractivity contribution in [1.29, 1.82) is 0 Å². The summed E-state index contributed by atoms with van der Waals surface area (Å²) in [5, 5.41) is 6.56. The Kier molecular flexibility index (Phi) is 9.42. The molecule has 14 heavy (non-hydrogen) atoms. The Morgan fingerprint density at radius 2 is 1.36 bits per heavy atom. The van der Waals surface area contributed by atoms with Gasteiger partial charge in [0.2, 0.25) is 0 Å². The molecule has 2 unspecified atom stereocenters. The lowest BCUT2D eigenvalue weighted by Gasteiger charge is -2.28. The van der Waals surface area contributed by atoms with Crippen LogP contribution in [-0.2, 0) is 0 Å². The van der Waals surface area contributed by atoms with Crippen molar-refractivity contribution in [1.82, 2.24) is 10.6 Å². The number of hydrogen-bond donors (Lipinski definition) is 2. The van der Waals surface area contributed by atoms with Gasteiger partial charge in [0.1, 0.15) is 0 Å². The van der Waals surface area contributed by atoms with Gasteiger partial charge in [-0.05, 0) is 58.3 Å². The quantitative estimate of drug-likeness (QED) is 0.727. The normalized spacial score (nSPS) is 26.6. The summed E-state index contributed by atoms with van der Waals surface area (Å²) >= 11 is 0. The standard InChI is InChI=1S/C10H22N2.C2H6/c1-11-7-9-4-3-5-10(6-9)8-12-2;1-2/h9-12H,3-8H2,1-2H3;1-2H3. The van der Waals surface area contributed by atoms with Crippen LogP contribution in [0.2, 0.25) is 0 Å². The second-order valence-electron chi connectivity index (χ2n) is 4.01. The van der Waals surface area contributed by atoms with E-state index in [-0.39, 0.29) is 0 Å². The Bertz CT molecular complexity index is 98.9. The molecule has 1 rings (SSSR count). The molecule has 0 aromatic carbocycles. The molecule has 0 aliphatic heterocycles. The van der Waals surface area contributed by atoms with Gasteiger partial charge >= 0.3 is 0 Å². The van der Waals surface area contributed by atoms with E-state index in [2.05, 4.69) is 24.7 Å². The first-order valence-corrected chi connectivity index (χ1v) is 6.16. The second-order valence-corrected chi connectivity index (χ2v) is 4.01. The van der Waals surface area contributed by atoms with E-state index in [1.807, 2.05) is 13.8 Å². The molecule has 2 atom stereocenters. The van der Waals surface area contributed by atoms with Gasteiger partial charge in [-0.1, -0.05) is 20.3 Å². The van der Waals surface area contributed by atoms with Crippen LogP contribution in [0.3, 0.4) is 0 Å². The predicted octanol–water partition coefficient (Wildman–Crippen LogP) is 2.26. The summed E-state index contributed by atoms with van der Waals surface area (Å²) in [6.07, 6.45) is 5.71.